The van der Waals surface area contributed by atoms with Crippen molar-refractivity contribution in [1.82, 2.24) is 20.1 Å². The van der Waals surface area contributed by atoms with Gasteiger partial charge in [0.15, 0.2) is 0 Å². The number of aromatic nitrogens is 3. The lowest BCUT2D eigenvalue weighted by atomic mass is 9.82. The fourth-order valence-corrected chi connectivity index (χ4v) is 2.71. The quantitative estimate of drug-likeness (QED) is 0.899. The molecular formula is C14H15N5O. The van der Waals surface area contributed by atoms with Crippen molar-refractivity contribution in [2.75, 3.05) is 0 Å². The van der Waals surface area contributed by atoms with Crippen molar-refractivity contribution in [3.63, 3.8) is 0 Å². The molecule has 20 heavy (non-hydrogen) atoms. The highest BCUT2D eigenvalue weighted by atomic mass is 16.1. The predicted molar refractivity (Wildman–Crippen MR) is 71.9 cm³/mol. The first-order valence-corrected chi connectivity index (χ1v) is 6.77. The molecule has 0 aromatic carbocycles. The number of nitriles is 1. The molecule has 2 aromatic rings. The van der Waals surface area contributed by atoms with Gasteiger partial charge in [0.1, 0.15) is 11.1 Å². The van der Waals surface area contributed by atoms with Crippen molar-refractivity contribution < 1.29 is 4.79 Å². The van der Waals surface area contributed by atoms with Crippen molar-refractivity contribution in [1.29, 1.82) is 5.26 Å². The molecule has 6 heteroatoms. The highest BCUT2D eigenvalue weighted by Crippen LogP contribution is 2.28. The minimum atomic E-state index is -0.730. The first-order valence-electron chi connectivity index (χ1n) is 6.77. The molecule has 1 fully saturated rings. The number of hydrogen-bond acceptors (Lipinski definition) is 4. The molecule has 102 valence electrons. The Kier molecular flexibility index (Phi) is 3.11. The summed E-state index contributed by atoms with van der Waals surface area (Å²) in [4.78, 5) is 12.4. The van der Waals surface area contributed by atoms with Gasteiger partial charge < -0.3 is 5.32 Å². The van der Waals surface area contributed by atoms with Gasteiger partial charge in [0.05, 0.1) is 17.8 Å². The zero-order valence-electron chi connectivity index (χ0n) is 11.0. The minimum absolute atomic E-state index is 0.253. The smallest absolute Gasteiger partial charge is 0.256 e. The number of fused-ring (bicyclic) bond motifs is 1. The van der Waals surface area contributed by atoms with E-state index in [4.69, 9.17) is 0 Å². The number of carbonyl (C=O) groups excluding carboxylic acids is 1. The van der Waals surface area contributed by atoms with E-state index in [9.17, 15) is 10.1 Å². The van der Waals surface area contributed by atoms with Crippen LogP contribution in [0.25, 0.3) is 5.52 Å². The minimum Gasteiger partial charge on any atom is -0.334 e. The van der Waals surface area contributed by atoms with Crippen LogP contribution in [0.5, 0.6) is 0 Å². The van der Waals surface area contributed by atoms with E-state index in [2.05, 4.69) is 21.6 Å². The summed E-state index contributed by atoms with van der Waals surface area (Å²) in [5.41, 5.74) is 0.374. The summed E-state index contributed by atoms with van der Waals surface area (Å²) >= 11 is 0. The Balaban J connectivity index is 1.87. The van der Waals surface area contributed by atoms with Gasteiger partial charge in [-0.15, -0.1) is 0 Å². The average molecular weight is 269 g/mol. The second-order valence-electron chi connectivity index (χ2n) is 5.17. The highest BCUT2D eigenvalue weighted by molar-refractivity contribution is 6.01. The van der Waals surface area contributed by atoms with Crippen molar-refractivity contribution in [2.45, 2.75) is 37.6 Å². The fourth-order valence-electron chi connectivity index (χ4n) is 2.71. The topological polar surface area (TPSA) is 83.1 Å². The third-order valence-corrected chi connectivity index (χ3v) is 3.82. The molecule has 1 saturated carbocycles. The summed E-state index contributed by atoms with van der Waals surface area (Å²) in [5, 5.41) is 20.4. The molecule has 0 bridgehead atoms. The van der Waals surface area contributed by atoms with E-state index in [1.807, 2.05) is 0 Å². The Bertz CT molecular complexity index is 678. The van der Waals surface area contributed by atoms with Gasteiger partial charge in [0.25, 0.3) is 5.91 Å². The van der Waals surface area contributed by atoms with Gasteiger partial charge in [0.2, 0.25) is 0 Å². The summed E-state index contributed by atoms with van der Waals surface area (Å²) in [6.07, 6.45) is 7.61. The van der Waals surface area contributed by atoms with Crippen molar-refractivity contribution in [3.05, 3.63) is 30.1 Å². The number of rotatable bonds is 2. The van der Waals surface area contributed by atoms with E-state index in [0.717, 1.165) is 19.3 Å². The zero-order valence-corrected chi connectivity index (χ0v) is 11.0. The number of nitrogens with zero attached hydrogens (tertiary/aromatic N) is 4. The van der Waals surface area contributed by atoms with E-state index >= 15 is 0 Å². The Labute approximate surface area is 116 Å². The summed E-state index contributed by atoms with van der Waals surface area (Å²) in [5.74, 6) is -0.253. The van der Waals surface area contributed by atoms with Crippen LogP contribution >= 0.6 is 0 Å². The van der Waals surface area contributed by atoms with Crippen LogP contribution in [0.2, 0.25) is 0 Å². The van der Waals surface area contributed by atoms with Gasteiger partial charge >= 0.3 is 0 Å². The average Bonchev–Trinajstić information content (AvgIpc) is 2.92. The van der Waals surface area contributed by atoms with E-state index < -0.39 is 5.54 Å². The molecule has 3 rings (SSSR count). The Morgan fingerprint density at radius 3 is 2.90 bits per heavy atom. The number of amides is 1. The van der Waals surface area contributed by atoms with Crippen LogP contribution in [0.4, 0.5) is 0 Å². The number of nitrogens with one attached hydrogen (secondary N) is 1. The van der Waals surface area contributed by atoms with Crippen LogP contribution in [0.15, 0.2) is 24.5 Å². The molecule has 0 atom stereocenters. The molecule has 2 aromatic heterocycles. The molecule has 1 aliphatic rings. The molecular weight excluding hydrogens is 254 g/mol. The summed E-state index contributed by atoms with van der Waals surface area (Å²) in [6, 6.07) is 5.83. The second-order valence-corrected chi connectivity index (χ2v) is 5.17. The van der Waals surface area contributed by atoms with Gasteiger partial charge in [-0.25, -0.2) is 0 Å². The van der Waals surface area contributed by atoms with Crippen LogP contribution in [-0.2, 0) is 0 Å². The zero-order chi connectivity index (χ0) is 14.0. The maximum absolute atomic E-state index is 12.4. The predicted octanol–water partition coefficient (Wildman–Crippen LogP) is 1.69. The molecule has 0 saturated heterocycles. The number of hydrogen-bond donors (Lipinski definition) is 1. The molecule has 0 aliphatic heterocycles. The first-order chi connectivity index (χ1) is 9.74. The fraction of sp³-hybridized carbons (Fsp3) is 0.429. The van der Waals surface area contributed by atoms with Crippen molar-refractivity contribution in [3.8, 4) is 6.07 Å². The third-order valence-electron chi connectivity index (χ3n) is 3.82. The number of carbonyl (C=O) groups is 1. The normalized spacial score (nSPS) is 17.6. The SMILES string of the molecule is N#CC1(NC(=O)c2cnn3ncccc23)CCCCC1. The van der Waals surface area contributed by atoms with Crippen molar-refractivity contribution >= 4 is 11.4 Å². The lowest BCUT2D eigenvalue weighted by Gasteiger charge is -2.31. The van der Waals surface area contributed by atoms with E-state index in [0.29, 0.717) is 23.9 Å². The molecule has 2 heterocycles. The molecule has 1 amide bonds. The summed E-state index contributed by atoms with van der Waals surface area (Å²) in [7, 11) is 0. The summed E-state index contributed by atoms with van der Waals surface area (Å²) in [6.45, 7) is 0. The van der Waals surface area contributed by atoms with Crippen LogP contribution in [0, 0.1) is 11.3 Å². The van der Waals surface area contributed by atoms with Gasteiger partial charge in [-0.2, -0.15) is 20.1 Å². The molecule has 0 spiro atoms. The maximum Gasteiger partial charge on any atom is 0.256 e. The lowest BCUT2D eigenvalue weighted by Crippen LogP contribution is -2.48. The Hall–Kier alpha value is -2.42. The van der Waals surface area contributed by atoms with Crippen LogP contribution in [-0.4, -0.2) is 26.3 Å². The Morgan fingerprint density at radius 2 is 2.15 bits per heavy atom. The monoisotopic (exact) mass is 269 g/mol. The van der Waals surface area contributed by atoms with Gasteiger partial charge in [-0.1, -0.05) is 19.3 Å². The van der Waals surface area contributed by atoms with Gasteiger partial charge in [-0.05, 0) is 25.0 Å². The molecule has 0 radical (unpaired) electrons. The van der Waals surface area contributed by atoms with Crippen molar-refractivity contribution in [2.24, 2.45) is 0 Å². The maximum atomic E-state index is 12.4. The van der Waals surface area contributed by atoms with E-state index in [1.165, 1.54) is 10.8 Å². The van der Waals surface area contributed by atoms with Gasteiger partial charge in [-0.3, -0.25) is 4.79 Å². The third kappa shape index (κ3) is 2.11. The molecule has 6 nitrogen and oxygen atoms in total. The molecule has 1 N–H and O–H groups in total. The largest absolute Gasteiger partial charge is 0.334 e. The second kappa shape index (κ2) is 4.93. The highest BCUT2D eigenvalue weighted by Gasteiger charge is 2.34. The first kappa shape index (κ1) is 12.6. The lowest BCUT2D eigenvalue weighted by molar-refractivity contribution is 0.0904. The standard InChI is InChI=1S/C14H15N5O/c15-10-14(6-2-1-3-7-14)18-13(20)11-9-17-19-12(11)5-4-8-16-19/h4-5,8-9H,1-3,6-7H2,(H,18,20). The van der Waals surface area contributed by atoms with Crippen LogP contribution < -0.4 is 5.32 Å². The van der Waals surface area contributed by atoms with Crippen LogP contribution in [0.1, 0.15) is 42.5 Å². The molecule has 1 aliphatic carbocycles. The van der Waals surface area contributed by atoms with Gasteiger partial charge in [0, 0.05) is 6.20 Å². The van der Waals surface area contributed by atoms with E-state index in [1.54, 1.807) is 18.3 Å². The Morgan fingerprint density at radius 1 is 1.35 bits per heavy atom. The van der Waals surface area contributed by atoms with Crippen LogP contribution in [0.3, 0.4) is 0 Å². The van der Waals surface area contributed by atoms with E-state index in [-0.39, 0.29) is 5.91 Å². The summed E-state index contributed by atoms with van der Waals surface area (Å²) < 4.78 is 1.41. The molecule has 0 unspecified atom stereocenters.